The number of aryl methyl sites for hydroxylation is 1. The largest absolute Gasteiger partial charge is 0.379 e. The molecule has 0 radical (unpaired) electrons. The zero-order chi connectivity index (χ0) is 37.7. The molecule has 0 unspecified atom stereocenters. The van der Waals surface area contributed by atoms with Crippen molar-refractivity contribution in [1.82, 2.24) is 26.2 Å². The van der Waals surface area contributed by atoms with Gasteiger partial charge in [-0.15, -0.1) is 0 Å². The Morgan fingerprint density at radius 2 is 1.19 bits per heavy atom. The number of hydrogen-bond donors (Lipinski definition) is 4. The predicted octanol–water partition coefficient (Wildman–Crippen LogP) is 2.58. The van der Waals surface area contributed by atoms with E-state index in [1.54, 1.807) is 6.92 Å². The van der Waals surface area contributed by atoms with E-state index in [9.17, 15) is 24.0 Å². The summed E-state index contributed by atoms with van der Waals surface area (Å²) in [5, 5.41) is 11.7. The fourth-order valence-electron chi connectivity index (χ4n) is 6.33. The van der Waals surface area contributed by atoms with Crippen LogP contribution in [0.2, 0.25) is 0 Å². The maximum atomic E-state index is 14.1. The average molecular weight is 720 g/mol. The maximum Gasteiger partial charge on any atom is 0.243 e. The van der Waals surface area contributed by atoms with Gasteiger partial charge in [-0.25, -0.2) is 0 Å². The van der Waals surface area contributed by atoms with Gasteiger partial charge >= 0.3 is 0 Å². The van der Waals surface area contributed by atoms with Crippen LogP contribution in [0.3, 0.4) is 0 Å². The van der Waals surface area contributed by atoms with Crippen molar-refractivity contribution in [2.45, 2.75) is 96.5 Å². The Labute approximate surface area is 308 Å². The van der Waals surface area contributed by atoms with Gasteiger partial charge in [0.2, 0.25) is 23.6 Å². The molecule has 4 amide bonds. The molecule has 2 aliphatic heterocycles. The lowest BCUT2D eigenvalue weighted by Gasteiger charge is -2.29. The van der Waals surface area contributed by atoms with Crippen LogP contribution in [0, 0.1) is 11.8 Å². The van der Waals surface area contributed by atoms with E-state index in [4.69, 9.17) is 9.47 Å². The van der Waals surface area contributed by atoms with E-state index in [1.165, 1.54) is 0 Å². The summed E-state index contributed by atoms with van der Waals surface area (Å²) in [4.78, 5) is 70.5. The summed E-state index contributed by atoms with van der Waals surface area (Å²) in [6.07, 6.45) is 1.76. The number of ketones is 1. The molecule has 0 bridgehead atoms. The number of amides is 4. The minimum Gasteiger partial charge on any atom is -0.379 e. The molecule has 52 heavy (non-hydrogen) atoms. The number of Topliss-reactive ketones (excluding diaryl/α,β-unsaturated/α-hetero) is 1. The zero-order valence-corrected chi connectivity index (χ0v) is 31.3. The van der Waals surface area contributed by atoms with E-state index in [0.717, 1.165) is 11.1 Å². The number of epoxide rings is 1. The molecule has 2 saturated heterocycles. The molecular weight excluding hydrogens is 662 g/mol. The molecule has 0 aromatic heterocycles. The van der Waals surface area contributed by atoms with Crippen LogP contribution in [-0.2, 0) is 46.3 Å². The van der Waals surface area contributed by atoms with Crippen molar-refractivity contribution in [1.29, 1.82) is 0 Å². The fraction of sp³-hybridized carbons (Fsp3) is 0.575. The Hall–Kier alpha value is -4.13. The first kappa shape index (κ1) is 40.6. The summed E-state index contributed by atoms with van der Waals surface area (Å²) in [7, 11) is 0. The second-order valence-corrected chi connectivity index (χ2v) is 15.0. The molecule has 5 atom stereocenters. The first-order chi connectivity index (χ1) is 24.8. The summed E-state index contributed by atoms with van der Waals surface area (Å²) < 4.78 is 10.8. The van der Waals surface area contributed by atoms with Gasteiger partial charge in [0.05, 0.1) is 32.4 Å². The number of nitrogens with one attached hydrogen (secondary N) is 4. The first-order valence-electron chi connectivity index (χ1n) is 18.6. The van der Waals surface area contributed by atoms with Crippen LogP contribution in [0.4, 0.5) is 0 Å². The Balaban J connectivity index is 1.51. The number of morpholine rings is 1. The van der Waals surface area contributed by atoms with Crippen molar-refractivity contribution in [3.63, 3.8) is 0 Å². The summed E-state index contributed by atoms with van der Waals surface area (Å²) in [5.41, 5.74) is 0.915. The van der Waals surface area contributed by atoms with E-state index in [2.05, 4.69) is 21.3 Å². The maximum absolute atomic E-state index is 14.1. The third kappa shape index (κ3) is 13.1. The Morgan fingerprint density at radius 3 is 1.77 bits per heavy atom. The smallest absolute Gasteiger partial charge is 0.243 e. The average Bonchev–Trinajstić information content (AvgIpc) is 3.87. The summed E-state index contributed by atoms with van der Waals surface area (Å²) in [6, 6.07) is 15.3. The number of carbonyl (C=O) groups is 5. The van der Waals surface area contributed by atoms with Gasteiger partial charge < -0.3 is 30.7 Å². The lowest BCUT2D eigenvalue weighted by molar-refractivity contribution is -0.135. The normalized spacial score (nSPS) is 19.6. The number of benzene rings is 2. The highest BCUT2D eigenvalue weighted by Crippen LogP contribution is 2.29. The van der Waals surface area contributed by atoms with Crippen molar-refractivity contribution in [2.24, 2.45) is 11.8 Å². The number of carbonyl (C=O) groups excluding carboxylic acids is 5. The molecule has 12 heteroatoms. The molecule has 2 fully saturated rings. The highest BCUT2D eigenvalue weighted by Gasteiger charge is 2.50. The highest BCUT2D eigenvalue weighted by atomic mass is 16.6. The molecule has 0 aliphatic carbocycles. The first-order valence-corrected chi connectivity index (χ1v) is 18.6. The molecule has 2 aliphatic rings. The number of rotatable bonds is 20. The quantitative estimate of drug-likeness (QED) is 0.152. The standard InChI is InChI=1S/C40H57N5O7/c1-27(2)22-32(36(47)40(5)26-52-40)42-39(50)34(24-30-14-10-7-11-15-30)44-38(49)33(23-28(3)4)43-37(48)31(17-16-29-12-8-6-9-13-29)41-35(46)25-45-18-20-51-21-19-45/h6-15,27-28,31-34H,16-26H2,1-5H3,(H,41,46)(H,42,50)(H,43,48)(H,44,49)/t31-,32-,33+,34+,40-/m1/s1. The van der Waals surface area contributed by atoms with Crippen molar-refractivity contribution in [3.05, 3.63) is 71.8 Å². The van der Waals surface area contributed by atoms with Gasteiger partial charge in [-0.05, 0) is 55.6 Å². The van der Waals surface area contributed by atoms with Crippen LogP contribution in [0.1, 0.15) is 65.0 Å². The van der Waals surface area contributed by atoms with Gasteiger partial charge in [0.15, 0.2) is 5.78 Å². The lowest BCUT2D eigenvalue weighted by atomic mass is 9.93. The molecule has 4 rings (SSSR count). The van der Waals surface area contributed by atoms with E-state index in [0.29, 0.717) is 58.6 Å². The zero-order valence-electron chi connectivity index (χ0n) is 31.3. The molecular formula is C40H57N5O7. The van der Waals surface area contributed by atoms with Crippen LogP contribution < -0.4 is 21.3 Å². The molecule has 2 heterocycles. The topological polar surface area (TPSA) is 158 Å². The van der Waals surface area contributed by atoms with E-state index < -0.39 is 47.5 Å². The van der Waals surface area contributed by atoms with Crippen molar-refractivity contribution >= 4 is 29.4 Å². The van der Waals surface area contributed by atoms with Gasteiger partial charge in [-0.2, -0.15) is 0 Å². The van der Waals surface area contributed by atoms with Gasteiger partial charge in [0.1, 0.15) is 23.7 Å². The Bertz CT molecular complexity index is 1480. The Kier molecular flexibility index (Phi) is 15.3. The number of hydrogen-bond acceptors (Lipinski definition) is 8. The third-order valence-electron chi connectivity index (χ3n) is 9.38. The highest BCUT2D eigenvalue weighted by molar-refractivity contribution is 5.98. The SMILES string of the molecule is CC(C)C[C@H](NC(=O)[C@@H](CCc1ccccc1)NC(=O)CN1CCOCC1)C(=O)N[C@@H](Cc1ccccc1)C(=O)N[C@H](CC(C)C)C(=O)[C@@]1(C)CO1. The minimum atomic E-state index is -1.03. The summed E-state index contributed by atoms with van der Waals surface area (Å²) in [6.45, 7) is 12.3. The van der Waals surface area contributed by atoms with E-state index in [1.807, 2.05) is 93.3 Å². The van der Waals surface area contributed by atoms with Gasteiger partial charge in [0.25, 0.3) is 0 Å². The molecule has 4 N–H and O–H groups in total. The van der Waals surface area contributed by atoms with Crippen LogP contribution in [0.25, 0.3) is 0 Å². The minimum absolute atomic E-state index is 0.0171. The molecule has 0 spiro atoms. The van der Waals surface area contributed by atoms with Gasteiger partial charge in [-0.3, -0.25) is 28.9 Å². The van der Waals surface area contributed by atoms with Gasteiger partial charge in [0, 0.05) is 19.5 Å². The van der Waals surface area contributed by atoms with E-state index >= 15 is 0 Å². The van der Waals surface area contributed by atoms with Crippen LogP contribution in [-0.4, -0.2) is 104 Å². The fourth-order valence-corrected chi connectivity index (χ4v) is 6.33. The molecule has 0 saturated carbocycles. The van der Waals surface area contributed by atoms with Crippen molar-refractivity contribution < 1.29 is 33.4 Å². The molecule has 2 aromatic carbocycles. The van der Waals surface area contributed by atoms with E-state index in [-0.39, 0.29) is 36.5 Å². The van der Waals surface area contributed by atoms with Gasteiger partial charge in [-0.1, -0.05) is 88.4 Å². The van der Waals surface area contributed by atoms with Crippen molar-refractivity contribution in [3.8, 4) is 0 Å². The number of nitrogens with zero attached hydrogens (tertiary/aromatic N) is 1. The molecule has 2 aromatic rings. The summed E-state index contributed by atoms with van der Waals surface area (Å²) >= 11 is 0. The van der Waals surface area contributed by atoms with Crippen molar-refractivity contribution in [2.75, 3.05) is 39.5 Å². The summed E-state index contributed by atoms with van der Waals surface area (Å²) in [5.74, 6) is -1.83. The van der Waals surface area contributed by atoms with Crippen LogP contribution in [0.5, 0.6) is 0 Å². The lowest BCUT2D eigenvalue weighted by Crippen LogP contribution is -2.59. The Morgan fingerprint density at radius 1 is 0.692 bits per heavy atom. The predicted molar refractivity (Wildman–Crippen MR) is 198 cm³/mol. The van der Waals surface area contributed by atoms with Crippen LogP contribution >= 0.6 is 0 Å². The second kappa shape index (κ2) is 19.6. The van der Waals surface area contributed by atoms with Crippen LogP contribution in [0.15, 0.2) is 60.7 Å². The second-order valence-electron chi connectivity index (χ2n) is 15.0. The monoisotopic (exact) mass is 719 g/mol. The third-order valence-corrected chi connectivity index (χ3v) is 9.38. The molecule has 284 valence electrons. The molecule has 12 nitrogen and oxygen atoms in total. The number of ether oxygens (including phenoxy) is 2.